The largest absolute Gasteiger partial charge is 0.316 e. The summed E-state index contributed by atoms with van der Waals surface area (Å²) in [5.74, 6) is 1.83. The van der Waals surface area contributed by atoms with E-state index in [1.54, 1.807) is 0 Å². The van der Waals surface area contributed by atoms with Crippen LogP contribution in [0.3, 0.4) is 0 Å². The molecule has 2 rings (SSSR count). The SMILES string of the molecule is ClCCC1(CNCC2CCC2)CC1. The summed E-state index contributed by atoms with van der Waals surface area (Å²) >= 11 is 5.78. The summed E-state index contributed by atoms with van der Waals surface area (Å²) in [6.07, 6.45) is 8.38. The van der Waals surface area contributed by atoms with Gasteiger partial charge in [0.1, 0.15) is 0 Å². The first-order valence-electron chi connectivity index (χ1n) is 5.61. The predicted octanol–water partition coefficient (Wildman–Crippen LogP) is 2.79. The highest BCUT2D eigenvalue weighted by Crippen LogP contribution is 2.48. The van der Waals surface area contributed by atoms with E-state index in [4.69, 9.17) is 11.6 Å². The molecule has 2 heteroatoms. The fourth-order valence-electron chi connectivity index (χ4n) is 2.13. The van der Waals surface area contributed by atoms with Crippen LogP contribution < -0.4 is 5.32 Å². The summed E-state index contributed by atoms with van der Waals surface area (Å²) in [5.41, 5.74) is 0.617. The van der Waals surface area contributed by atoms with Crippen LogP contribution in [0.4, 0.5) is 0 Å². The molecule has 1 N–H and O–H groups in total. The second kappa shape index (κ2) is 4.18. The Morgan fingerprint density at radius 2 is 2.08 bits per heavy atom. The van der Waals surface area contributed by atoms with Gasteiger partial charge >= 0.3 is 0 Å². The first-order chi connectivity index (χ1) is 6.35. The van der Waals surface area contributed by atoms with Crippen molar-refractivity contribution < 1.29 is 0 Å². The molecule has 1 nitrogen and oxygen atoms in total. The lowest BCUT2D eigenvalue weighted by Crippen LogP contribution is -2.32. The van der Waals surface area contributed by atoms with Crippen molar-refractivity contribution in [1.29, 1.82) is 0 Å². The van der Waals surface area contributed by atoms with E-state index >= 15 is 0 Å². The zero-order chi connectivity index (χ0) is 9.15. The fourth-order valence-corrected chi connectivity index (χ4v) is 2.53. The van der Waals surface area contributed by atoms with Crippen molar-refractivity contribution in [3.05, 3.63) is 0 Å². The average Bonchev–Trinajstić information content (AvgIpc) is 2.77. The van der Waals surface area contributed by atoms with Gasteiger partial charge in [0.15, 0.2) is 0 Å². The molecule has 76 valence electrons. The molecule has 0 aromatic carbocycles. The van der Waals surface area contributed by atoms with E-state index < -0.39 is 0 Å². The Bertz CT molecular complexity index is 161. The summed E-state index contributed by atoms with van der Waals surface area (Å²) in [6.45, 7) is 2.47. The van der Waals surface area contributed by atoms with E-state index in [0.717, 1.165) is 11.8 Å². The normalized spacial score (nSPS) is 25.6. The smallest absolute Gasteiger partial charge is 0.0229 e. The van der Waals surface area contributed by atoms with Crippen LogP contribution in [0.2, 0.25) is 0 Å². The third kappa shape index (κ3) is 2.60. The second-order valence-electron chi connectivity index (χ2n) is 4.87. The molecule has 0 saturated heterocycles. The van der Waals surface area contributed by atoms with Crippen molar-refractivity contribution in [3.63, 3.8) is 0 Å². The minimum Gasteiger partial charge on any atom is -0.316 e. The first kappa shape index (κ1) is 9.79. The van der Waals surface area contributed by atoms with Crippen LogP contribution in [0.25, 0.3) is 0 Å². The van der Waals surface area contributed by atoms with Gasteiger partial charge in [-0.3, -0.25) is 0 Å². The van der Waals surface area contributed by atoms with Crippen molar-refractivity contribution in [3.8, 4) is 0 Å². The maximum Gasteiger partial charge on any atom is 0.0229 e. The van der Waals surface area contributed by atoms with E-state index in [2.05, 4.69) is 5.32 Å². The van der Waals surface area contributed by atoms with Gasteiger partial charge in [0, 0.05) is 12.4 Å². The number of hydrogen-bond acceptors (Lipinski definition) is 1. The Hall–Kier alpha value is 0.250. The molecule has 0 amide bonds. The quantitative estimate of drug-likeness (QED) is 0.652. The molecule has 0 aromatic rings. The van der Waals surface area contributed by atoms with Crippen molar-refractivity contribution in [2.45, 2.75) is 38.5 Å². The van der Waals surface area contributed by atoms with Crippen LogP contribution >= 0.6 is 11.6 Å². The topological polar surface area (TPSA) is 12.0 Å². The molecule has 0 aliphatic heterocycles. The predicted molar refractivity (Wildman–Crippen MR) is 57.2 cm³/mol. The summed E-state index contributed by atoms with van der Waals surface area (Å²) in [6, 6.07) is 0. The van der Waals surface area contributed by atoms with Gasteiger partial charge in [-0.05, 0) is 50.0 Å². The lowest BCUT2D eigenvalue weighted by atomic mass is 9.85. The molecule has 0 radical (unpaired) electrons. The Labute approximate surface area is 86.2 Å². The molecule has 0 bridgehead atoms. The monoisotopic (exact) mass is 201 g/mol. The van der Waals surface area contributed by atoms with Crippen molar-refractivity contribution >= 4 is 11.6 Å². The summed E-state index contributed by atoms with van der Waals surface area (Å²) in [4.78, 5) is 0. The Morgan fingerprint density at radius 3 is 2.54 bits per heavy atom. The Balaban J connectivity index is 1.56. The molecule has 0 atom stereocenters. The lowest BCUT2D eigenvalue weighted by Gasteiger charge is -2.26. The van der Waals surface area contributed by atoms with Gasteiger partial charge in [0.05, 0.1) is 0 Å². The number of halogens is 1. The number of alkyl halides is 1. The van der Waals surface area contributed by atoms with Gasteiger partial charge in [-0.1, -0.05) is 6.42 Å². The van der Waals surface area contributed by atoms with Crippen molar-refractivity contribution in [2.75, 3.05) is 19.0 Å². The average molecular weight is 202 g/mol. The third-order valence-electron chi connectivity index (χ3n) is 3.74. The van der Waals surface area contributed by atoms with Gasteiger partial charge in [0.2, 0.25) is 0 Å². The molecule has 2 fully saturated rings. The van der Waals surface area contributed by atoms with Crippen LogP contribution in [-0.2, 0) is 0 Å². The zero-order valence-electron chi connectivity index (χ0n) is 8.32. The van der Waals surface area contributed by atoms with Crippen LogP contribution in [-0.4, -0.2) is 19.0 Å². The molecule has 2 aliphatic carbocycles. The van der Waals surface area contributed by atoms with Crippen molar-refractivity contribution in [1.82, 2.24) is 5.32 Å². The van der Waals surface area contributed by atoms with Crippen LogP contribution in [0.1, 0.15) is 38.5 Å². The molecule has 2 aliphatic rings. The van der Waals surface area contributed by atoms with Crippen LogP contribution in [0.15, 0.2) is 0 Å². The standard InChI is InChI=1S/C11H20ClN/c12-7-6-11(4-5-11)9-13-8-10-2-1-3-10/h10,13H,1-9H2. The first-order valence-corrected chi connectivity index (χ1v) is 6.15. The second-order valence-corrected chi connectivity index (χ2v) is 5.24. The molecule has 0 spiro atoms. The number of hydrogen-bond donors (Lipinski definition) is 1. The molecular weight excluding hydrogens is 182 g/mol. The van der Waals surface area contributed by atoms with E-state index in [1.165, 1.54) is 51.6 Å². The highest BCUT2D eigenvalue weighted by molar-refractivity contribution is 6.17. The number of nitrogens with one attached hydrogen (secondary N) is 1. The lowest BCUT2D eigenvalue weighted by molar-refractivity contribution is 0.290. The van der Waals surface area contributed by atoms with Gasteiger partial charge in [-0.2, -0.15) is 0 Å². The van der Waals surface area contributed by atoms with E-state index in [1.807, 2.05) is 0 Å². The molecule has 0 heterocycles. The maximum absolute atomic E-state index is 5.78. The highest BCUT2D eigenvalue weighted by Gasteiger charge is 2.41. The minimum atomic E-state index is 0.617. The van der Waals surface area contributed by atoms with Gasteiger partial charge < -0.3 is 5.32 Å². The van der Waals surface area contributed by atoms with Gasteiger partial charge in [-0.15, -0.1) is 11.6 Å². The zero-order valence-corrected chi connectivity index (χ0v) is 9.08. The molecule has 2 saturated carbocycles. The molecule has 0 unspecified atom stereocenters. The Kier molecular flexibility index (Phi) is 3.15. The number of rotatable bonds is 6. The van der Waals surface area contributed by atoms with E-state index in [0.29, 0.717) is 5.41 Å². The summed E-state index contributed by atoms with van der Waals surface area (Å²) in [5, 5.41) is 3.62. The van der Waals surface area contributed by atoms with E-state index in [-0.39, 0.29) is 0 Å². The van der Waals surface area contributed by atoms with Gasteiger partial charge in [-0.25, -0.2) is 0 Å². The van der Waals surface area contributed by atoms with E-state index in [9.17, 15) is 0 Å². The summed E-state index contributed by atoms with van der Waals surface area (Å²) in [7, 11) is 0. The van der Waals surface area contributed by atoms with Crippen molar-refractivity contribution in [2.24, 2.45) is 11.3 Å². The highest BCUT2D eigenvalue weighted by atomic mass is 35.5. The molecule has 0 aromatic heterocycles. The third-order valence-corrected chi connectivity index (χ3v) is 3.93. The minimum absolute atomic E-state index is 0.617. The molecule has 13 heavy (non-hydrogen) atoms. The summed E-state index contributed by atoms with van der Waals surface area (Å²) < 4.78 is 0. The molecular formula is C11H20ClN. The van der Waals surface area contributed by atoms with Crippen LogP contribution in [0.5, 0.6) is 0 Å². The Morgan fingerprint density at radius 1 is 1.31 bits per heavy atom. The fraction of sp³-hybridized carbons (Fsp3) is 1.00. The van der Waals surface area contributed by atoms with Crippen LogP contribution in [0, 0.1) is 11.3 Å². The van der Waals surface area contributed by atoms with Gasteiger partial charge in [0.25, 0.3) is 0 Å². The maximum atomic E-state index is 5.78.